The van der Waals surface area contributed by atoms with Gasteiger partial charge in [0.25, 0.3) is 0 Å². The van der Waals surface area contributed by atoms with Gasteiger partial charge in [0.15, 0.2) is 0 Å². The van der Waals surface area contributed by atoms with Gasteiger partial charge in [0.05, 0.1) is 0 Å². The van der Waals surface area contributed by atoms with E-state index in [-0.39, 0.29) is 30.4 Å². The third-order valence-electron chi connectivity index (χ3n) is 3.47. The molecule has 3 amide bonds. The van der Waals surface area contributed by atoms with Crippen LogP contribution in [0.5, 0.6) is 0 Å². The fourth-order valence-corrected chi connectivity index (χ4v) is 2.15. The molecule has 7 heteroatoms. The van der Waals surface area contributed by atoms with E-state index >= 15 is 0 Å². The summed E-state index contributed by atoms with van der Waals surface area (Å²) in [6.07, 6.45) is 1.81. The van der Waals surface area contributed by atoms with Gasteiger partial charge in [-0.05, 0) is 25.7 Å². The second-order valence-corrected chi connectivity index (χ2v) is 5.93. The van der Waals surface area contributed by atoms with Crippen molar-refractivity contribution >= 4 is 23.5 Å². The van der Waals surface area contributed by atoms with Crippen molar-refractivity contribution in [2.75, 3.05) is 0 Å². The van der Waals surface area contributed by atoms with E-state index in [9.17, 15) is 19.2 Å². The van der Waals surface area contributed by atoms with Crippen LogP contribution in [-0.4, -0.2) is 29.5 Å². The Morgan fingerprint density at radius 2 is 1.64 bits per heavy atom. The quantitative estimate of drug-likeness (QED) is 0.472. The highest BCUT2D eigenvalue weighted by atomic mass is 16.2. The minimum absolute atomic E-state index is 0.0210. The van der Waals surface area contributed by atoms with Gasteiger partial charge in [-0.1, -0.05) is 20.3 Å². The van der Waals surface area contributed by atoms with Gasteiger partial charge in [0.1, 0.15) is 11.8 Å². The second-order valence-electron chi connectivity index (χ2n) is 5.93. The van der Waals surface area contributed by atoms with Crippen molar-refractivity contribution < 1.29 is 19.2 Å². The van der Waals surface area contributed by atoms with E-state index in [1.807, 2.05) is 13.8 Å². The lowest BCUT2D eigenvalue weighted by atomic mass is 9.89. The Morgan fingerprint density at radius 3 is 2.05 bits per heavy atom. The number of unbranched alkanes of at least 4 members (excludes halogenated alkanes) is 1. The van der Waals surface area contributed by atoms with Gasteiger partial charge in [-0.25, -0.2) is 0 Å². The molecule has 0 bridgehead atoms. The van der Waals surface area contributed by atoms with Crippen molar-refractivity contribution in [1.29, 1.82) is 0 Å². The fraction of sp³-hybridized carbons (Fsp3) is 0.733. The zero-order valence-corrected chi connectivity index (χ0v) is 13.6. The van der Waals surface area contributed by atoms with Crippen LogP contribution >= 0.6 is 0 Å². The zero-order chi connectivity index (χ0) is 17.3. The van der Waals surface area contributed by atoms with Crippen molar-refractivity contribution in [3.8, 4) is 0 Å². The van der Waals surface area contributed by atoms with Crippen LogP contribution in [0.1, 0.15) is 52.9 Å². The first kappa shape index (κ1) is 20.1. The lowest BCUT2D eigenvalue weighted by Gasteiger charge is -2.22. The van der Waals surface area contributed by atoms with Gasteiger partial charge in [0, 0.05) is 18.8 Å². The topological polar surface area (TPSA) is 132 Å². The molecule has 126 valence electrons. The highest BCUT2D eigenvalue weighted by molar-refractivity contribution is 5.90. The summed E-state index contributed by atoms with van der Waals surface area (Å²) in [5.41, 5.74) is 10.3. The second kappa shape index (κ2) is 9.92. The van der Waals surface area contributed by atoms with Gasteiger partial charge in [-0.3, -0.25) is 14.4 Å². The Bertz CT molecular complexity index is 421. The van der Waals surface area contributed by atoms with Crippen LogP contribution in [-0.2, 0) is 19.2 Å². The summed E-state index contributed by atoms with van der Waals surface area (Å²) in [5, 5.41) is 2.61. The molecule has 0 heterocycles. The van der Waals surface area contributed by atoms with Gasteiger partial charge in [-0.2, -0.15) is 0 Å². The standard InChI is InChI=1S/C15H27N3O4/c1-9(2)11(8-10(3)19)15(22)18-12(14(17)21)6-4-5-7-13(16)20/h9,11-12H,4-8H2,1-3H3,(H2,16,20)(H2,17,21)(H,18,22)/t11-,12-/m0/s1. The Kier molecular flexibility index (Phi) is 9.05. The summed E-state index contributed by atoms with van der Waals surface area (Å²) in [7, 11) is 0. The van der Waals surface area contributed by atoms with Crippen LogP contribution in [0, 0.1) is 11.8 Å². The molecule has 0 spiro atoms. The highest BCUT2D eigenvalue weighted by Gasteiger charge is 2.27. The third kappa shape index (κ3) is 8.39. The van der Waals surface area contributed by atoms with Crippen molar-refractivity contribution in [2.24, 2.45) is 23.3 Å². The molecule has 7 nitrogen and oxygen atoms in total. The Morgan fingerprint density at radius 1 is 1.05 bits per heavy atom. The molecule has 5 N–H and O–H groups in total. The smallest absolute Gasteiger partial charge is 0.239 e. The van der Waals surface area contributed by atoms with Crippen LogP contribution in [0.2, 0.25) is 0 Å². The molecule has 0 aliphatic heterocycles. The monoisotopic (exact) mass is 313 g/mol. The van der Waals surface area contributed by atoms with E-state index in [4.69, 9.17) is 11.5 Å². The number of hydrogen-bond acceptors (Lipinski definition) is 4. The van der Waals surface area contributed by atoms with E-state index in [0.29, 0.717) is 19.3 Å². The van der Waals surface area contributed by atoms with Crippen LogP contribution < -0.4 is 16.8 Å². The largest absolute Gasteiger partial charge is 0.370 e. The van der Waals surface area contributed by atoms with Crippen molar-refractivity contribution in [1.82, 2.24) is 5.32 Å². The predicted molar refractivity (Wildman–Crippen MR) is 82.4 cm³/mol. The van der Waals surface area contributed by atoms with Crippen LogP contribution in [0.3, 0.4) is 0 Å². The average molecular weight is 313 g/mol. The maximum Gasteiger partial charge on any atom is 0.239 e. The normalized spacial score (nSPS) is 13.5. The average Bonchev–Trinajstić information content (AvgIpc) is 2.38. The summed E-state index contributed by atoms with van der Waals surface area (Å²) in [6.45, 7) is 5.12. The van der Waals surface area contributed by atoms with Crippen molar-refractivity contribution in [2.45, 2.75) is 58.9 Å². The minimum Gasteiger partial charge on any atom is -0.370 e. The predicted octanol–water partition coefficient (Wildman–Crippen LogP) is 0.254. The highest BCUT2D eigenvalue weighted by Crippen LogP contribution is 2.16. The fourth-order valence-electron chi connectivity index (χ4n) is 2.15. The molecule has 0 aromatic rings. The van der Waals surface area contributed by atoms with Crippen molar-refractivity contribution in [3.63, 3.8) is 0 Å². The molecule has 0 aromatic carbocycles. The molecule has 0 aliphatic carbocycles. The van der Waals surface area contributed by atoms with Crippen molar-refractivity contribution in [3.05, 3.63) is 0 Å². The Labute approximate surface area is 131 Å². The molecule has 0 fully saturated rings. The summed E-state index contributed by atoms with van der Waals surface area (Å²) in [5.74, 6) is -1.95. The molecule has 0 saturated heterocycles. The molecule has 2 atom stereocenters. The number of carbonyl (C=O) groups is 4. The van der Waals surface area contributed by atoms with Crippen LogP contribution in [0.25, 0.3) is 0 Å². The van der Waals surface area contributed by atoms with Crippen LogP contribution in [0.4, 0.5) is 0 Å². The van der Waals surface area contributed by atoms with Crippen LogP contribution in [0.15, 0.2) is 0 Å². The number of Topliss-reactive ketones (excluding diaryl/α,β-unsaturated/α-hetero) is 1. The van der Waals surface area contributed by atoms with E-state index in [2.05, 4.69) is 5.32 Å². The summed E-state index contributed by atoms with van der Waals surface area (Å²) in [6, 6.07) is -0.798. The van der Waals surface area contributed by atoms with Gasteiger partial charge >= 0.3 is 0 Å². The number of hydrogen-bond donors (Lipinski definition) is 3. The zero-order valence-electron chi connectivity index (χ0n) is 13.6. The lowest BCUT2D eigenvalue weighted by molar-refractivity contribution is -0.133. The first-order valence-electron chi connectivity index (χ1n) is 7.52. The first-order valence-corrected chi connectivity index (χ1v) is 7.52. The number of rotatable bonds is 11. The molecule has 22 heavy (non-hydrogen) atoms. The third-order valence-corrected chi connectivity index (χ3v) is 3.47. The number of ketones is 1. The Balaban J connectivity index is 4.58. The van der Waals surface area contributed by atoms with Gasteiger partial charge in [-0.15, -0.1) is 0 Å². The molecular weight excluding hydrogens is 286 g/mol. The molecule has 0 aliphatic rings. The maximum absolute atomic E-state index is 12.2. The van der Waals surface area contributed by atoms with E-state index in [1.54, 1.807) is 0 Å². The SMILES string of the molecule is CC(=O)C[C@H](C(=O)N[C@@H](CCCCC(N)=O)C(N)=O)C(C)C. The molecular formula is C15H27N3O4. The number of amides is 3. The molecule has 0 aromatic heterocycles. The molecule has 0 saturated carbocycles. The van der Waals surface area contributed by atoms with E-state index in [0.717, 1.165) is 0 Å². The Hall–Kier alpha value is -1.92. The van der Waals surface area contributed by atoms with E-state index in [1.165, 1.54) is 6.92 Å². The molecule has 0 radical (unpaired) electrons. The maximum atomic E-state index is 12.2. The number of primary amides is 2. The molecule has 0 unspecified atom stereocenters. The minimum atomic E-state index is -0.798. The lowest BCUT2D eigenvalue weighted by Crippen LogP contribution is -2.47. The summed E-state index contributed by atoms with van der Waals surface area (Å²) in [4.78, 5) is 45.6. The van der Waals surface area contributed by atoms with Gasteiger partial charge in [0.2, 0.25) is 17.7 Å². The molecule has 0 rings (SSSR count). The van der Waals surface area contributed by atoms with Gasteiger partial charge < -0.3 is 21.6 Å². The first-order chi connectivity index (χ1) is 10.1. The number of carbonyl (C=O) groups excluding carboxylic acids is 4. The number of nitrogens with two attached hydrogens (primary N) is 2. The van der Waals surface area contributed by atoms with E-state index < -0.39 is 23.8 Å². The number of nitrogens with one attached hydrogen (secondary N) is 1. The summed E-state index contributed by atoms with van der Waals surface area (Å²) >= 11 is 0. The summed E-state index contributed by atoms with van der Waals surface area (Å²) < 4.78 is 0.